The number of carbonyl (C=O) groups is 1. The second-order valence-electron chi connectivity index (χ2n) is 7.58. The van der Waals surface area contributed by atoms with Crippen LogP contribution in [0.5, 0.6) is 0 Å². The van der Waals surface area contributed by atoms with Gasteiger partial charge >= 0.3 is 6.18 Å². The third-order valence-electron chi connectivity index (χ3n) is 4.30. The van der Waals surface area contributed by atoms with Gasteiger partial charge in [0.15, 0.2) is 5.82 Å². The van der Waals surface area contributed by atoms with Crippen LogP contribution >= 0.6 is 0 Å². The van der Waals surface area contributed by atoms with Gasteiger partial charge in [0.05, 0.1) is 11.5 Å². The number of hydrogen-bond donors (Lipinski definition) is 0. The Labute approximate surface area is 149 Å². The summed E-state index contributed by atoms with van der Waals surface area (Å²) in [4.78, 5) is 18.2. The van der Waals surface area contributed by atoms with Crippen LogP contribution < -0.4 is 0 Å². The summed E-state index contributed by atoms with van der Waals surface area (Å²) in [6, 6.07) is 5.03. The molecule has 1 aromatic heterocycles. The Bertz CT molecular complexity index is 808. The fourth-order valence-electron chi connectivity index (χ4n) is 2.86. The summed E-state index contributed by atoms with van der Waals surface area (Å²) in [6.07, 6.45) is -4.19. The molecule has 1 aliphatic heterocycles. The number of benzene rings is 1. The van der Waals surface area contributed by atoms with Gasteiger partial charge in [-0.05, 0) is 17.7 Å². The zero-order chi connectivity index (χ0) is 19.1. The van der Waals surface area contributed by atoms with Crippen molar-refractivity contribution in [2.45, 2.75) is 51.2 Å². The maximum Gasteiger partial charge on any atom is 0.416 e. The Balaban J connectivity index is 1.72. The zero-order valence-electron chi connectivity index (χ0n) is 14.8. The predicted octanol–water partition coefficient (Wildman–Crippen LogP) is 3.90. The van der Waals surface area contributed by atoms with Gasteiger partial charge in [-0.2, -0.15) is 18.2 Å². The van der Waals surface area contributed by atoms with Gasteiger partial charge in [-0.15, -0.1) is 0 Å². The van der Waals surface area contributed by atoms with Crippen molar-refractivity contribution in [3.8, 4) is 0 Å². The molecule has 1 fully saturated rings. The molecule has 3 rings (SSSR count). The highest BCUT2D eigenvalue weighted by atomic mass is 19.4. The van der Waals surface area contributed by atoms with Crippen molar-refractivity contribution >= 4 is 5.91 Å². The molecule has 0 radical (unpaired) electrons. The van der Waals surface area contributed by atoms with Crippen LogP contribution in [0.3, 0.4) is 0 Å². The lowest BCUT2D eigenvalue weighted by Gasteiger charge is -2.17. The van der Waals surface area contributed by atoms with Crippen molar-refractivity contribution in [2.75, 3.05) is 6.54 Å². The summed E-state index contributed by atoms with van der Waals surface area (Å²) in [5.74, 6) is 0.589. The van der Waals surface area contributed by atoms with Crippen LogP contribution in [-0.2, 0) is 22.9 Å². The number of amides is 1. The minimum atomic E-state index is -4.40. The number of halogens is 3. The number of likely N-dealkylation sites (tertiary alicyclic amines) is 1. The molecule has 0 spiro atoms. The van der Waals surface area contributed by atoms with Crippen molar-refractivity contribution in [1.29, 1.82) is 0 Å². The van der Waals surface area contributed by atoms with Crippen LogP contribution in [0.25, 0.3) is 0 Å². The van der Waals surface area contributed by atoms with Gasteiger partial charge in [-0.1, -0.05) is 38.1 Å². The van der Waals surface area contributed by atoms with Crippen LogP contribution in [0.15, 0.2) is 28.8 Å². The molecule has 1 aliphatic rings. The van der Waals surface area contributed by atoms with E-state index < -0.39 is 11.7 Å². The van der Waals surface area contributed by atoms with Crippen LogP contribution in [-0.4, -0.2) is 27.5 Å². The van der Waals surface area contributed by atoms with Crippen molar-refractivity contribution in [1.82, 2.24) is 15.0 Å². The Morgan fingerprint density at radius 2 is 2.00 bits per heavy atom. The van der Waals surface area contributed by atoms with E-state index in [1.165, 1.54) is 11.0 Å². The number of nitrogens with zero attached hydrogens (tertiary/aromatic N) is 3. The summed E-state index contributed by atoms with van der Waals surface area (Å²) >= 11 is 0. The van der Waals surface area contributed by atoms with Crippen molar-refractivity contribution in [2.24, 2.45) is 0 Å². The second kappa shape index (κ2) is 6.41. The average molecular weight is 367 g/mol. The van der Waals surface area contributed by atoms with E-state index in [4.69, 9.17) is 4.52 Å². The van der Waals surface area contributed by atoms with Gasteiger partial charge < -0.3 is 9.42 Å². The van der Waals surface area contributed by atoms with Gasteiger partial charge in [0, 0.05) is 24.9 Å². The summed E-state index contributed by atoms with van der Waals surface area (Å²) in [7, 11) is 0. The minimum Gasteiger partial charge on any atom is -0.339 e. The molecule has 0 aliphatic carbocycles. The molecule has 5 nitrogen and oxygen atoms in total. The minimum absolute atomic E-state index is 0.125. The first-order chi connectivity index (χ1) is 12.0. The molecule has 26 heavy (non-hydrogen) atoms. The number of carbonyl (C=O) groups excluding carboxylic acids is 1. The largest absolute Gasteiger partial charge is 0.416 e. The number of aromatic nitrogens is 2. The topological polar surface area (TPSA) is 59.2 Å². The summed E-state index contributed by atoms with van der Waals surface area (Å²) in [6.45, 7) is 6.35. The van der Waals surface area contributed by atoms with Gasteiger partial charge in [0.25, 0.3) is 0 Å². The van der Waals surface area contributed by atoms with Crippen LogP contribution in [0.4, 0.5) is 13.2 Å². The predicted molar refractivity (Wildman–Crippen MR) is 87.2 cm³/mol. The molecule has 1 amide bonds. The lowest BCUT2D eigenvalue weighted by Crippen LogP contribution is -2.24. The van der Waals surface area contributed by atoms with Gasteiger partial charge in [-0.25, -0.2) is 0 Å². The first-order valence-electron chi connectivity index (χ1n) is 8.32. The lowest BCUT2D eigenvalue weighted by molar-refractivity contribution is -0.137. The third kappa shape index (κ3) is 3.89. The summed E-state index contributed by atoms with van der Waals surface area (Å²) in [5.41, 5.74) is -0.540. The number of rotatable bonds is 3. The van der Waals surface area contributed by atoms with E-state index in [0.717, 1.165) is 12.1 Å². The molecule has 2 aromatic rings. The molecule has 1 aromatic carbocycles. The molecule has 1 saturated heterocycles. The molecule has 8 heteroatoms. The SMILES string of the molecule is CC(C)(C)c1noc(C2CC(=O)N(Cc3cccc(C(F)(F)F)c3)C2)n1. The Morgan fingerprint density at radius 3 is 2.62 bits per heavy atom. The van der Waals surface area contributed by atoms with E-state index >= 15 is 0 Å². The quantitative estimate of drug-likeness (QED) is 0.826. The maximum absolute atomic E-state index is 12.8. The molecule has 1 unspecified atom stereocenters. The third-order valence-corrected chi connectivity index (χ3v) is 4.30. The molecule has 0 bridgehead atoms. The maximum atomic E-state index is 12.8. The van der Waals surface area contributed by atoms with E-state index in [-0.39, 0.29) is 30.2 Å². The van der Waals surface area contributed by atoms with Crippen LogP contribution in [0, 0.1) is 0 Å². The fraction of sp³-hybridized carbons (Fsp3) is 0.500. The first-order valence-corrected chi connectivity index (χ1v) is 8.32. The first kappa shape index (κ1) is 18.4. The fourth-order valence-corrected chi connectivity index (χ4v) is 2.86. The molecular weight excluding hydrogens is 347 g/mol. The van der Waals surface area contributed by atoms with Crippen LogP contribution in [0.2, 0.25) is 0 Å². The van der Waals surface area contributed by atoms with Gasteiger partial charge in [0.1, 0.15) is 0 Å². The van der Waals surface area contributed by atoms with Gasteiger partial charge in [0.2, 0.25) is 11.8 Å². The zero-order valence-corrected chi connectivity index (χ0v) is 14.8. The molecular formula is C18H20F3N3O2. The Morgan fingerprint density at radius 1 is 1.27 bits per heavy atom. The number of alkyl halides is 3. The van der Waals surface area contributed by atoms with Crippen molar-refractivity contribution < 1.29 is 22.5 Å². The van der Waals surface area contributed by atoms with E-state index in [1.54, 1.807) is 6.07 Å². The summed E-state index contributed by atoms with van der Waals surface area (Å²) < 4.78 is 43.8. The van der Waals surface area contributed by atoms with Crippen molar-refractivity contribution in [3.05, 3.63) is 47.1 Å². The summed E-state index contributed by atoms with van der Waals surface area (Å²) in [5, 5.41) is 3.96. The van der Waals surface area contributed by atoms with E-state index in [0.29, 0.717) is 23.8 Å². The molecule has 2 heterocycles. The molecule has 140 valence electrons. The highest BCUT2D eigenvalue weighted by molar-refractivity contribution is 5.79. The molecule has 0 saturated carbocycles. The smallest absolute Gasteiger partial charge is 0.339 e. The van der Waals surface area contributed by atoms with E-state index in [1.807, 2.05) is 20.8 Å². The Kier molecular flexibility index (Phi) is 4.54. The normalized spacial score (nSPS) is 18.6. The van der Waals surface area contributed by atoms with Crippen LogP contribution in [0.1, 0.15) is 56.0 Å². The Hall–Kier alpha value is -2.38. The number of hydrogen-bond acceptors (Lipinski definition) is 4. The highest BCUT2D eigenvalue weighted by Gasteiger charge is 2.36. The highest BCUT2D eigenvalue weighted by Crippen LogP contribution is 2.32. The molecule has 1 atom stereocenters. The van der Waals surface area contributed by atoms with Gasteiger partial charge in [-0.3, -0.25) is 4.79 Å². The monoisotopic (exact) mass is 367 g/mol. The molecule has 0 N–H and O–H groups in total. The standard InChI is InChI=1S/C18H20F3N3O2/c1-17(2,3)16-22-15(26-23-16)12-8-14(25)24(10-12)9-11-5-4-6-13(7-11)18(19,20)21/h4-7,12H,8-10H2,1-3H3. The second-order valence-corrected chi connectivity index (χ2v) is 7.58. The van der Waals surface area contributed by atoms with E-state index in [9.17, 15) is 18.0 Å². The average Bonchev–Trinajstić information content (AvgIpc) is 3.14. The van der Waals surface area contributed by atoms with E-state index in [2.05, 4.69) is 10.1 Å². The van der Waals surface area contributed by atoms with Crippen molar-refractivity contribution in [3.63, 3.8) is 0 Å². The lowest BCUT2D eigenvalue weighted by atomic mass is 9.96.